The monoisotopic (exact) mass is 245 g/mol. The van der Waals surface area contributed by atoms with Crippen molar-refractivity contribution in [1.82, 2.24) is 0 Å². The van der Waals surface area contributed by atoms with Crippen molar-refractivity contribution in [3.05, 3.63) is 53.8 Å². The molecule has 92 valence electrons. The smallest absolute Gasteiger partial charge is 0.250 e. The van der Waals surface area contributed by atoms with E-state index in [1.807, 2.05) is 0 Å². The topological polar surface area (TPSA) is 81.1 Å². The molecule has 0 atom stereocenters. The predicted molar refractivity (Wildman–Crippen MR) is 69.1 cm³/mol. The van der Waals surface area contributed by atoms with Crippen molar-refractivity contribution >= 4 is 23.0 Å². The van der Waals surface area contributed by atoms with Crippen LogP contribution in [0.2, 0.25) is 0 Å². The van der Waals surface area contributed by atoms with Gasteiger partial charge in [0.15, 0.2) is 0 Å². The SMILES string of the molecule is NC(=O)c1cc(Nc2ccc(F)cc2)ccc1N. The van der Waals surface area contributed by atoms with E-state index >= 15 is 0 Å². The quantitative estimate of drug-likeness (QED) is 0.725. The molecular formula is C13H12FN3O. The largest absolute Gasteiger partial charge is 0.398 e. The molecule has 1 amide bonds. The van der Waals surface area contributed by atoms with Crippen LogP contribution in [0.5, 0.6) is 0 Å². The minimum absolute atomic E-state index is 0.252. The molecule has 0 saturated carbocycles. The molecule has 0 aliphatic heterocycles. The Morgan fingerprint density at radius 2 is 1.67 bits per heavy atom. The second-order valence-corrected chi connectivity index (χ2v) is 3.80. The van der Waals surface area contributed by atoms with Gasteiger partial charge in [-0.25, -0.2) is 4.39 Å². The van der Waals surface area contributed by atoms with Crippen LogP contribution >= 0.6 is 0 Å². The summed E-state index contributed by atoms with van der Waals surface area (Å²) in [5, 5.41) is 3.02. The fraction of sp³-hybridized carbons (Fsp3) is 0. The summed E-state index contributed by atoms with van der Waals surface area (Å²) in [4.78, 5) is 11.1. The van der Waals surface area contributed by atoms with E-state index < -0.39 is 5.91 Å². The summed E-state index contributed by atoms with van der Waals surface area (Å²) < 4.78 is 12.7. The van der Waals surface area contributed by atoms with Gasteiger partial charge in [-0.3, -0.25) is 4.79 Å². The number of primary amides is 1. The van der Waals surface area contributed by atoms with Crippen LogP contribution < -0.4 is 16.8 Å². The van der Waals surface area contributed by atoms with Crippen LogP contribution in [0.3, 0.4) is 0 Å². The number of rotatable bonds is 3. The number of hydrogen-bond acceptors (Lipinski definition) is 3. The minimum Gasteiger partial charge on any atom is -0.398 e. The Bertz CT molecular complexity index is 581. The first-order valence-corrected chi connectivity index (χ1v) is 5.28. The molecule has 0 spiro atoms. The Morgan fingerprint density at radius 3 is 2.28 bits per heavy atom. The third-order valence-corrected chi connectivity index (χ3v) is 2.45. The highest BCUT2D eigenvalue weighted by Gasteiger charge is 2.06. The summed E-state index contributed by atoms with van der Waals surface area (Å²) >= 11 is 0. The highest BCUT2D eigenvalue weighted by atomic mass is 19.1. The van der Waals surface area contributed by atoms with Gasteiger partial charge in [0.25, 0.3) is 5.91 Å². The van der Waals surface area contributed by atoms with E-state index in [0.29, 0.717) is 17.1 Å². The van der Waals surface area contributed by atoms with Gasteiger partial charge in [-0.15, -0.1) is 0 Å². The normalized spacial score (nSPS) is 10.1. The number of nitrogens with two attached hydrogens (primary N) is 2. The van der Waals surface area contributed by atoms with Gasteiger partial charge in [0.2, 0.25) is 0 Å². The molecule has 18 heavy (non-hydrogen) atoms. The number of halogens is 1. The van der Waals surface area contributed by atoms with Gasteiger partial charge in [0.1, 0.15) is 5.82 Å². The second kappa shape index (κ2) is 4.75. The minimum atomic E-state index is -0.588. The standard InChI is InChI=1S/C13H12FN3O/c14-8-1-3-9(4-2-8)17-10-5-6-12(15)11(7-10)13(16)18/h1-7,17H,15H2,(H2,16,18). The van der Waals surface area contributed by atoms with E-state index in [4.69, 9.17) is 11.5 Å². The molecule has 0 fully saturated rings. The predicted octanol–water partition coefficient (Wildman–Crippen LogP) is 2.25. The van der Waals surface area contributed by atoms with E-state index in [1.165, 1.54) is 12.1 Å². The van der Waals surface area contributed by atoms with E-state index in [1.54, 1.807) is 30.3 Å². The number of hydrogen-bond donors (Lipinski definition) is 3. The maximum absolute atomic E-state index is 12.7. The zero-order chi connectivity index (χ0) is 13.1. The molecule has 5 heteroatoms. The Morgan fingerprint density at radius 1 is 1.06 bits per heavy atom. The fourth-order valence-electron chi connectivity index (χ4n) is 1.55. The average molecular weight is 245 g/mol. The highest BCUT2D eigenvalue weighted by Crippen LogP contribution is 2.21. The molecular weight excluding hydrogens is 233 g/mol. The first-order valence-electron chi connectivity index (χ1n) is 5.28. The Labute approximate surface area is 103 Å². The van der Waals surface area contributed by atoms with Crippen LogP contribution in [0.4, 0.5) is 21.5 Å². The lowest BCUT2D eigenvalue weighted by molar-refractivity contribution is 0.100. The van der Waals surface area contributed by atoms with Crippen molar-refractivity contribution in [2.75, 3.05) is 11.1 Å². The lowest BCUT2D eigenvalue weighted by Crippen LogP contribution is -2.13. The molecule has 0 heterocycles. The fourth-order valence-corrected chi connectivity index (χ4v) is 1.55. The number of benzene rings is 2. The molecule has 4 nitrogen and oxygen atoms in total. The van der Waals surface area contributed by atoms with Crippen LogP contribution in [0.1, 0.15) is 10.4 Å². The van der Waals surface area contributed by atoms with E-state index in [0.717, 1.165) is 0 Å². The van der Waals surface area contributed by atoms with Gasteiger partial charge in [0, 0.05) is 17.1 Å². The number of amides is 1. The zero-order valence-electron chi connectivity index (χ0n) is 9.48. The van der Waals surface area contributed by atoms with E-state index in [-0.39, 0.29) is 11.4 Å². The van der Waals surface area contributed by atoms with Crippen LogP contribution in [-0.4, -0.2) is 5.91 Å². The molecule has 0 radical (unpaired) electrons. The Kier molecular flexibility index (Phi) is 3.14. The maximum Gasteiger partial charge on any atom is 0.250 e. The zero-order valence-corrected chi connectivity index (χ0v) is 9.48. The van der Waals surface area contributed by atoms with Crippen molar-refractivity contribution in [2.45, 2.75) is 0 Å². The number of nitrogens with one attached hydrogen (secondary N) is 1. The van der Waals surface area contributed by atoms with Crippen LogP contribution in [-0.2, 0) is 0 Å². The number of carbonyl (C=O) groups is 1. The molecule has 0 saturated heterocycles. The van der Waals surface area contributed by atoms with Crippen molar-refractivity contribution in [2.24, 2.45) is 5.73 Å². The molecule has 0 aromatic heterocycles. The maximum atomic E-state index is 12.7. The summed E-state index contributed by atoms with van der Waals surface area (Å²) in [6.45, 7) is 0. The molecule has 5 N–H and O–H groups in total. The van der Waals surface area contributed by atoms with Crippen molar-refractivity contribution in [3.63, 3.8) is 0 Å². The molecule has 2 aromatic rings. The molecule has 0 aliphatic rings. The van der Waals surface area contributed by atoms with Gasteiger partial charge in [0.05, 0.1) is 5.56 Å². The van der Waals surface area contributed by atoms with E-state index in [9.17, 15) is 9.18 Å². The van der Waals surface area contributed by atoms with Crippen LogP contribution in [0, 0.1) is 5.82 Å². The first-order chi connectivity index (χ1) is 8.56. The molecule has 0 aliphatic carbocycles. The molecule has 2 aromatic carbocycles. The molecule has 2 rings (SSSR count). The number of nitrogen functional groups attached to an aromatic ring is 1. The molecule has 0 unspecified atom stereocenters. The van der Waals surface area contributed by atoms with Gasteiger partial charge in [-0.05, 0) is 42.5 Å². The van der Waals surface area contributed by atoms with Crippen LogP contribution in [0.15, 0.2) is 42.5 Å². The van der Waals surface area contributed by atoms with Gasteiger partial charge in [-0.1, -0.05) is 0 Å². The number of anilines is 3. The third kappa shape index (κ3) is 2.57. The summed E-state index contributed by atoms with van der Waals surface area (Å²) in [7, 11) is 0. The summed E-state index contributed by atoms with van der Waals surface area (Å²) in [5.41, 5.74) is 12.8. The Balaban J connectivity index is 2.27. The third-order valence-electron chi connectivity index (χ3n) is 2.45. The lowest BCUT2D eigenvalue weighted by atomic mass is 10.1. The van der Waals surface area contributed by atoms with Crippen molar-refractivity contribution < 1.29 is 9.18 Å². The summed E-state index contributed by atoms with van der Waals surface area (Å²) in [5.74, 6) is -0.897. The second-order valence-electron chi connectivity index (χ2n) is 3.80. The van der Waals surface area contributed by atoms with E-state index in [2.05, 4.69) is 5.32 Å². The first kappa shape index (κ1) is 11.9. The van der Waals surface area contributed by atoms with Crippen molar-refractivity contribution in [3.8, 4) is 0 Å². The highest BCUT2D eigenvalue weighted by molar-refractivity contribution is 5.99. The van der Waals surface area contributed by atoms with Gasteiger partial charge >= 0.3 is 0 Å². The average Bonchev–Trinajstić information content (AvgIpc) is 2.34. The van der Waals surface area contributed by atoms with Gasteiger partial charge in [-0.2, -0.15) is 0 Å². The Hall–Kier alpha value is -2.56. The lowest BCUT2D eigenvalue weighted by Gasteiger charge is -2.09. The summed E-state index contributed by atoms with van der Waals surface area (Å²) in [6.07, 6.45) is 0. The van der Waals surface area contributed by atoms with Crippen LogP contribution in [0.25, 0.3) is 0 Å². The van der Waals surface area contributed by atoms with Crippen molar-refractivity contribution in [1.29, 1.82) is 0 Å². The summed E-state index contributed by atoms with van der Waals surface area (Å²) in [6, 6.07) is 10.7. The molecule has 0 bridgehead atoms. The van der Waals surface area contributed by atoms with Gasteiger partial charge < -0.3 is 16.8 Å². The number of carbonyl (C=O) groups excluding carboxylic acids is 1.